The molecule has 0 atom stereocenters. The topological polar surface area (TPSA) is 80.8 Å². The number of carbonyl (C=O) groups is 2. The molecule has 0 saturated carbocycles. The molecule has 0 spiro atoms. The Hall–Kier alpha value is -3.66. The van der Waals surface area contributed by atoms with E-state index in [-0.39, 0.29) is 25.6 Å². The van der Waals surface area contributed by atoms with E-state index in [9.17, 15) is 9.59 Å². The van der Waals surface area contributed by atoms with Gasteiger partial charge in [0.1, 0.15) is 19.0 Å². The molecule has 3 aromatic carbocycles. The highest BCUT2D eigenvalue weighted by atomic mass is 127. The quantitative estimate of drug-likeness (QED) is 0.215. The fourth-order valence-electron chi connectivity index (χ4n) is 3.56. The number of pyridine rings is 1. The molecular weight excluding hydrogens is 557 g/mol. The van der Waals surface area contributed by atoms with Crippen molar-refractivity contribution in [2.75, 3.05) is 31.2 Å². The largest absolute Gasteiger partial charge is 0.491 e. The number of amides is 2. The van der Waals surface area contributed by atoms with Crippen LogP contribution in [0.2, 0.25) is 0 Å². The number of rotatable bonds is 9. The van der Waals surface area contributed by atoms with Crippen molar-refractivity contribution in [2.24, 2.45) is 0 Å². The third-order valence-corrected chi connectivity index (χ3v) is 5.78. The molecule has 178 valence electrons. The van der Waals surface area contributed by atoms with Gasteiger partial charge in [0, 0.05) is 27.0 Å². The van der Waals surface area contributed by atoms with Crippen LogP contribution in [0.3, 0.4) is 0 Å². The monoisotopic (exact) mass is 581 g/mol. The van der Waals surface area contributed by atoms with Crippen LogP contribution in [0.15, 0.2) is 91.3 Å². The van der Waals surface area contributed by atoms with Gasteiger partial charge in [-0.3, -0.25) is 9.78 Å². The molecule has 1 N–H and O–H groups in total. The minimum absolute atomic E-state index is 0.0357. The summed E-state index contributed by atoms with van der Waals surface area (Å²) in [5.74, 6) is 0.551. The first-order valence-electron chi connectivity index (χ1n) is 11.1. The van der Waals surface area contributed by atoms with E-state index in [1.54, 1.807) is 17.2 Å². The molecule has 1 aromatic heterocycles. The highest BCUT2D eigenvalue weighted by Gasteiger charge is 2.19. The SMILES string of the molecule is O=C(NCCOc1cccc2ccccc12)OCCN(C(=O)c1cncc(I)c1)c1ccccc1. The van der Waals surface area contributed by atoms with E-state index < -0.39 is 6.09 Å². The number of hydrogen-bond donors (Lipinski definition) is 1. The van der Waals surface area contributed by atoms with Crippen LogP contribution in [0.25, 0.3) is 10.8 Å². The fourth-order valence-corrected chi connectivity index (χ4v) is 4.05. The number of nitrogens with zero attached hydrogens (tertiary/aromatic N) is 2. The van der Waals surface area contributed by atoms with E-state index in [1.165, 1.54) is 6.20 Å². The molecule has 4 rings (SSSR count). The van der Waals surface area contributed by atoms with E-state index in [0.717, 1.165) is 20.1 Å². The fraction of sp³-hybridized carbons (Fsp3) is 0.148. The average Bonchev–Trinajstić information content (AvgIpc) is 2.89. The minimum atomic E-state index is -0.567. The lowest BCUT2D eigenvalue weighted by molar-refractivity contribution is 0.0972. The van der Waals surface area contributed by atoms with E-state index >= 15 is 0 Å². The number of para-hydroxylation sites is 1. The van der Waals surface area contributed by atoms with Crippen LogP contribution in [-0.4, -0.2) is 43.3 Å². The zero-order chi connectivity index (χ0) is 24.5. The highest BCUT2D eigenvalue weighted by molar-refractivity contribution is 14.1. The number of aromatic nitrogens is 1. The van der Waals surface area contributed by atoms with Gasteiger partial charge < -0.3 is 19.7 Å². The molecule has 1 heterocycles. The molecule has 35 heavy (non-hydrogen) atoms. The van der Waals surface area contributed by atoms with Crippen LogP contribution in [0.5, 0.6) is 5.75 Å². The molecule has 7 nitrogen and oxygen atoms in total. The van der Waals surface area contributed by atoms with Crippen molar-refractivity contribution in [3.8, 4) is 5.75 Å². The van der Waals surface area contributed by atoms with Crippen molar-refractivity contribution < 1.29 is 19.1 Å². The molecule has 8 heteroatoms. The minimum Gasteiger partial charge on any atom is -0.491 e. The first-order valence-corrected chi connectivity index (χ1v) is 12.2. The van der Waals surface area contributed by atoms with Crippen molar-refractivity contribution >= 4 is 51.1 Å². The predicted molar refractivity (Wildman–Crippen MR) is 144 cm³/mol. The summed E-state index contributed by atoms with van der Waals surface area (Å²) in [7, 11) is 0. The summed E-state index contributed by atoms with van der Waals surface area (Å²) in [6, 6.07) is 24.9. The van der Waals surface area contributed by atoms with E-state index in [1.807, 2.05) is 72.8 Å². The van der Waals surface area contributed by atoms with Crippen molar-refractivity contribution in [3.05, 3.63) is 100 Å². The second-order valence-electron chi connectivity index (χ2n) is 7.57. The number of ether oxygens (including phenoxy) is 2. The number of anilines is 1. The molecule has 0 radical (unpaired) electrons. The summed E-state index contributed by atoms with van der Waals surface area (Å²) in [5, 5.41) is 4.80. The Balaban J connectivity index is 1.27. The van der Waals surface area contributed by atoms with Gasteiger partial charge in [0.15, 0.2) is 0 Å². The van der Waals surface area contributed by atoms with Crippen molar-refractivity contribution in [2.45, 2.75) is 0 Å². The lowest BCUT2D eigenvalue weighted by Gasteiger charge is -2.23. The van der Waals surface area contributed by atoms with Gasteiger partial charge in [-0.15, -0.1) is 0 Å². The maximum absolute atomic E-state index is 13.1. The number of benzene rings is 3. The normalized spacial score (nSPS) is 10.5. The van der Waals surface area contributed by atoms with Crippen LogP contribution in [0.1, 0.15) is 10.4 Å². The van der Waals surface area contributed by atoms with Gasteiger partial charge in [-0.1, -0.05) is 54.6 Å². The smallest absolute Gasteiger partial charge is 0.407 e. The summed E-state index contributed by atoms with van der Waals surface area (Å²) in [6.45, 7) is 0.830. The number of fused-ring (bicyclic) bond motifs is 1. The van der Waals surface area contributed by atoms with Crippen LogP contribution in [-0.2, 0) is 4.74 Å². The molecule has 0 bridgehead atoms. The predicted octanol–water partition coefficient (Wildman–Crippen LogP) is 5.29. The summed E-state index contributed by atoms with van der Waals surface area (Å²) in [6.07, 6.45) is 2.65. The Labute approximate surface area is 217 Å². The number of nitrogens with one attached hydrogen (secondary N) is 1. The molecule has 2 amide bonds. The summed E-state index contributed by atoms with van der Waals surface area (Å²) < 4.78 is 12.0. The second-order valence-corrected chi connectivity index (χ2v) is 8.82. The number of carbonyl (C=O) groups excluding carboxylic acids is 2. The third kappa shape index (κ3) is 6.69. The number of hydrogen-bond acceptors (Lipinski definition) is 5. The first kappa shape index (κ1) is 24.5. The van der Waals surface area contributed by atoms with Crippen molar-refractivity contribution in [1.82, 2.24) is 10.3 Å². The maximum Gasteiger partial charge on any atom is 0.407 e. The van der Waals surface area contributed by atoms with Crippen molar-refractivity contribution in [3.63, 3.8) is 0 Å². The molecule has 0 aliphatic heterocycles. The van der Waals surface area contributed by atoms with Gasteiger partial charge in [-0.2, -0.15) is 0 Å². The summed E-state index contributed by atoms with van der Waals surface area (Å²) >= 11 is 2.12. The zero-order valence-electron chi connectivity index (χ0n) is 18.9. The van der Waals surface area contributed by atoms with Gasteiger partial charge in [-0.05, 0) is 52.2 Å². The second kappa shape index (κ2) is 12.2. The van der Waals surface area contributed by atoms with Gasteiger partial charge in [-0.25, -0.2) is 4.79 Å². The van der Waals surface area contributed by atoms with Gasteiger partial charge in [0.2, 0.25) is 0 Å². The lowest BCUT2D eigenvalue weighted by Crippen LogP contribution is -2.36. The van der Waals surface area contributed by atoms with Gasteiger partial charge in [0.05, 0.1) is 18.7 Å². The molecule has 4 aromatic rings. The Morgan fingerprint density at radius 2 is 1.69 bits per heavy atom. The first-order chi connectivity index (χ1) is 17.1. The summed E-state index contributed by atoms with van der Waals surface area (Å²) in [5.41, 5.74) is 1.18. The molecule has 0 aliphatic rings. The van der Waals surface area contributed by atoms with Crippen LogP contribution < -0.4 is 15.0 Å². The Kier molecular flexibility index (Phi) is 8.50. The maximum atomic E-state index is 13.1. The molecular formula is C27H24IN3O4. The Morgan fingerprint density at radius 1 is 0.914 bits per heavy atom. The summed E-state index contributed by atoms with van der Waals surface area (Å²) in [4.78, 5) is 31.0. The highest BCUT2D eigenvalue weighted by Crippen LogP contribution is 2.25. The molecule has 0 aliphatic carbocycles. The standard InChI is InChI=1S/C27H24IN3O4/c28-22-17-21(18-29-19-22)26(32)31(23-9-2-1-3-10-23)14-16-35-27(33)30-13-15-34-25-12-6-8-20-7-4-5-11-24(20)25/h1-12,17-19H,13-16H2,(H,30,33). The Morgan fingerprint density at radius 3 is 2.51 bits per heavy atom. The molecule has 0 unspecified atom stereocenters. The van der Waals surface area contributed by atoms with Crippen LogP contribution >= 0.6 is 22.6 Å². The molecule has 0 saturated heterocycles. The van der Waals surface area contributed by atoms with E-state index in [0.29, 0.717) is 17.9 Å². The Bertz CT molecular complexity index is 1290. The van der Waals surface area contributed by atoms with Crippen molar-refractivity contribution in [1.29, 1.82) is 0 Å². The van der Waals surface area contributed by atoms with E-state index in [4.69, 9.17) is 9.47 Å². The van der Waals surface area contributed by atoms with Crippen LogP contribution in [0.4, 0.5) is 10.5 Å². The third-order valence-electron chi connectivity index (χ3n) is 5.19. The average molecular weight is 581 g/mol. The lowest BCUT2D eigenvalue weighted by atomic mass is 10.1. The molecule has 0 fully saturated rings. The zero-order valence-corrected chi connectivity index (χ0v) is 21.1. The van der Waals surface area contributed by atoms with Gasteiger partial charge in [0.25, 0.3) is 5.91 Å². The number of alkyl carbamates (subject to hydrolysis) is 1. The number of halogens is 1. The van der Waals surface area contributed by atoms with Gasteiger partial charge >= 0.3 is 6.09 Å². The van der Waals surface area contributed by atoms with Crippen LogP contribution in [0, 0.1) is 3.57 Å². The van der Waals surface area contributed by atoms with E-state index in [2.05, 4.69) is 32.9 Å².